The van der Waals surface area contributed by atoms with Gasteiger partial charge in [0.25, 0.3) is 5.91 Å². The van der Waals surface area contributed by atoms with Gasteiger partial charge in [-0.25, -0.2) is 0 Å². The Balaban J connectivity index is 1.43. The highest BCUT2D eigenvalue weighted by Gasteiger charge is 2.29. The molecule has 170 valence electrons. The first-order chi connectivity index (χ1) is 15.7. The molecule has 2 aromatic carbocycles. The highest BCUT2D eigenvalue weighted by Crippen LogP contribution is 2.23. The summed E-state index contributed by atoms with van der Waals surface area (Å²) in [5.41, 5.74) is 1.25. The van der Waals surface area contributed by atoms with Gasteiger partial charge in [-0.3, -0.25) is 19.4 Å². The van der Waals surface area contributed by atoms with Crippen molar-refractivity contribution >= 4 is 29.3 Å². The van der Waals surface area contributed by atoms with E-state index in [-0.39, 0.29) is 18.4 Å². The first-order valence-electron chi connectivity index (χ1n) is 11.3. The average molecular weight is 454 g/mol. The lowest BCUT2D eigenvalue weighted by Gasteiger charge is -2.41. The second kappa shape index (κ2) is 10.9. The zero-order valence-electron chi connectivity index (χ0n) is 18.6. The summed E-state index contributed by atoms with van der Waals surface area (Å²) in [6, 6.07) is 17.1. The molecular weight excluding hydrogens is 422 g/mol. The maximum atomic E-state index is 13.3. The number of anilines is 1. The lowest BCUT2D eigenvalue weighted by molar-refractivity contribution is -0.131. The van der Waals surface area contributed by atoms with Crippen molar-refractivity contribution in [2.45, 2.75) is 18.9 Å². The van der Waals surface area contributed by atoms with Crippen molar-refractivity contribution in [3.8, 4) is 5.75 Å². The predicted octanol–water partition coefficient (Wildman–Crippen LogP) is 3.38. The Morgan fingerprint density at radius 2 is 1.62 bits per heavy atom. The van der Waals surface area contributed by atoms with E-state index >= 15 is 0 Å². The fraction of sp³-hybridized carbons (Fsp3) is 0.440. The van der Waals surface area contributed by atoms with Gasteiger partial charge >= 0.3 is 0 Å². The van der Waals surface area contributed by atoms with E-state index in [9.17, 15) is 9.59 Å². The summed E-state index contributed by atoms with van der Waals surface area (Å²) in [5.74, 6) is 2.98. The maximum absolute atomic E-state index is 13.3. The Kier molecular flexibility index (Phi) is 7.71. The first kappa shape index (κ1) is 22.7. The largest absolute Gasteiger partial charge is 0.497 e. The number of benzene rings is 2. The Labute approximate surface area is 194 Å². The van der Waals surface area contributed by atoms with E-state index in [0.29, 0.717) is 17.4 Å². The van der Waals surface area contributed by atoms with Crippen LogP contribution in [0.25, 0.3) is 0 Å². The number of para-hydroxylation sites is 1. The number of ether oxygens (including phenoxy) is 1. The normalized spacial score (nSPS) is 17.7. The summed E-state index contributed by atoms with van der Waals surface area (Å²) in [6.45, 7) is 3.32. The van der Waals surface area contributed by atoms with Crippen molar-refractivity contribution in [1.82, 2.24) is 9.80 Å². The summed E-state index contributed by atoms with van der Waals surface area (Å²) < 4.78 is 5.20. The fourth-order valence-corrected chi connectivity index (χ4v) is 5.48. The van der Waals surface area contributed by atoms with E-state index in [0.717, 1.165) is 31.9 Å². The Bertz CT molecular complexity index is 892. The van der Waals surface area contributed by atoms with Crippen LogP contribution in [0.5, 0.6) is 5.75 Å². The van der Waals surface area contributed by atoms with Crippen molar-refractivity contribution in [2.24, 2.45) is 0 Å². The molecule has 0 bridgehead atoms. The zero-order chi connectivity index (χ0) is 22.3. The number of carbonyl (C=O) groups is 2. The number of hydrogen-bond donors (Lipinski definition) is 0. The van der Waals surface area contributed by atoms with Crippen molar-refractivity contribution in [3.63, 3.8) is 0 Å². The minimum atomic E-state index is -0.189. The summed E-state index contributed by atoms with van der Waals surface area (Å²) >= 11 is 2.04. The monoisotopic (exact) mass is 453 g/mol. The second-order valence-electron chi connectivity index (χ2n) is 8.22. The number of hydrogen-bond acceptors (Lipinski definition) is 5. The summed E-state index contributed by atoms with van der Waals surface area (Å²) in [4.78, 5) is 32.5. The summed E-state index contributed by atoms with van der Waals surface area (Å²) in [6.07, 6.45) is 2.49. The minimum absolute atomic E-state index is 0.00503. The topological polar surface area (TPSA) is 53.1 Å². The first-order valence-corrected chi connectivity index (χ1v) is 12.4. The van der Waals surface area contributed by atoms with Crippen molar-refractivity contribution < 1.29 is 14.3 Å². The van der Waals surface area contributed by atoms with Crippen LogP contribution in [0.15, 0.2) is 54.6 Å². The minimum Gasteiger partial charge on any atom is -0.497 e. The Morgan fingerprint density at radius 1 is 0.969 bits per heavy atom. The van der Waals surface area contributed by atoms with E-state index in [2.05, 4.69) is 4.90 Å². The third-order valence-electron chi connectivity index (χ3n) is 6.32. The lowest BCUT2D eigenvalue weighted by Crippen LogP contribution is -2.54. The highest BCUT2D eigenvalue weighted by atomic mass is 32.2. The number of rotatable bonds is 6. The molecule has 2 aliphatic heterocycles. The molecule has 2 aromatic rings. The highest BCUT2D eigenvalue weighted by molar-refractivity contribution is 7.99. The van der Waals surface area contributed by atoms with Crippen LogP contribution in [0.4, 0.5) is 5.69 Å². The molecule has 0 N–H and O–H groups in total. The molecule has 0 saturated carbocycles. The number of piperazine rings is 1. The van der Waals surface area contributed by atoms with Crippen LogP contribution in [0.1, 0.15) is 23.2 Å². The van der Waals surface area contributed by atoms with Crippen LogP contribution in [0.3, 0.4) is 0 Å². The van der Waals surface area contributed by atoms with Gasteiger partial charge in [-0.15, -0.1) is 0 Å². The molecule has 0 atom stereocenters. The van der Waals surface area contributed by atoms with Crippen LogP contribution < -0.4 is 9.64 Å². The predicted molar refractivity (Wildman–Crippen MR) is 130 cm³/mol. The van der Waals surface area contributed by atoms with Crippen molar-refractivity contribution in [3.05, 3.63) is 60.2 Å². The quantitative estimate of drug-likeness (QED) is 0.671. The van der Waals surface area contributed by atoms with Gasteiger partial charge in [0.2, 0.25) is 5.91 Å². The van der Waals surface area contributed by atoms with Gasteiger partial charge in [0, 0.05) is 43.5 Å². The van der Waals surface area contributed by atoms with Gasteiger partial charge in [-0.2, -0.15) is 11.8 Å². The second-order valence-corrected chi connectivity index (χ2v) is 9.44. The molecule has 4 rings (SSSR count). The third-order valence-corrected chi connectivity index (χ3v) is 7.37. The fourth-order valence-electron chi connectivity index (χ4n) is 4.40. The molecule has 0 radical (unpaired) electrons. The SMILES string of the molecule is COc1ccc(C(=O)N(CC(=O)N2CCN(C3CCSCC3)CC2)c2ccccc2)cc1. The van der Waals surface area contributed by atoms with Crippen LogP contribution in [0, 0.1) is 0 Å². The third kappa shape index (κ3) is 5.45. The van der Waals surface area contributed by atoms with Crippen LogP contribution in [0.2, 0.25) is 0 Å². The molecule has 2 saturated heterocycles. The molecule has 2 aliphatic rings. The van der Waals surface area contributed by atoms with Gasteiger partial charge in [-0.1, -0.05) is 18.2 Å². The summed E-state index contributed by atoms with van der Waals surface area (Å²) in [5, 5.41) is 0. The van der Waals surface area contributed by atoms with Crippen LogP contribution in [-0.2, 0) is 4.79 Å². The van der Waals surface area contributed by atoms with Crippen LogP contribution >= 0.6 is 11.8 Å². The molecule has 2 heterocycles. The van der Waals surface area contributed by atoms with E-state index in [4.69, 9.17) is 4.74 Å². The lowest BCUT2D eigenvalue weighted by atomic mass is 10.1. The maximum Gasteiger partial charge on any atom is 0.258 e. The number of methoxy groups -OCH3 is 1. The molecule has 7 heteroatoms. The molecule has 32 heavy (non-hydrogen) atoms. The van der Waals surface area contributed by atoms with Gasteiger partial charge in [0.1, 0.15) is 12.3 Å². The standard InChI is InChI=1S/C25H31N3O3S/c1-31-23-9-7-20(8-10-23)25(30)28(22-5-3-2-4-6-22)19-24(29)27-15-13-26(14-16-27)21-11-17-32-18-12-21/h2-10,21H,11-19H2,1H3. The molecule has 2 fully saturated rings. The smallest absolute Gasteiger partial charge is 0.258 e. The zero-order valence-corrected chi connectivity index (χ0v) is 19.4. The van der Waals surface area contributed by atoms with E-state index in [1.165, 1.54) is 24.3 Å². The Morgan fingerprint density at radius 3 is 2.25 bits per heavy atom. The van der Waals surface area contributed by atoms with E-state index in [1.807, 2.05) is 47.0 Å². The van der Waals surface area contributed by atoms with Gasteiger partial charge in [0.05, 0.1) is 7.11 Å². The summed E-state index contributed by atoms with van der Waals surface area (Å²) in [7, 11) is 1.60. The number of nitrogens with zero attached hydrogens (tertiary/aromatic N) is 3. The molecule has 0 aliphatic carbocycles. The van der Waals surface area contributed by atoms with Crippen LogP contribution in [-0.4, -0.2) is 79.0 Å². The number of carbonyl (C=O) groups excluding carboxylic acids is 2. The van der Waals surface area contributed by atoms with E-state index < -0.39 is 0 Å². The molecule has 2 amide bonds. The van der Waals surface area contributed by atoms with Crippen molar-refractivity contribution in [2.75, 3.05) is 56.2 Å². The van der Waals surface area contributed by atoms with Gasteiger partial charge in [-0.05, 0) is 60.7 Å². The molecule has 0 spiro atoms. The molecule has 0 unspecified atom stereocenters. The van der Waals surface area contributed by atoms with E-state index in [1.54, 1.807) is 36.3 Å². The average Bonchev–Trinajstić information content (AvgIpc) is 2.88. The number of thioether (sulfide) groups is 1. The Hall–Kier alpha value is -2.51. The van der Waals surface area contributed by atoms with Crippen molar-refractivity contribution in [1.29, 1.82) is 0 Å². The molecule has 6 nitrogen and oxygen atoms in total. The van der Waals surface area contributed by atoms with Gasteiger partial charge in [0.15, 0.2) is 0 Å². The molecular formula is C25H31N3O3S. The number of amides is 2. The molecule has 0 aromatic heterocycles. The van der Waals surface area contributed by atoms with Gasteiger partial charge < -0.3 is 9.64 Å².